The van der Waals surface area contributed by atoms with Gasteiger partial charge in [0.1, 0.15) is 5.82 Å². The molecular formula is C13H13BrClFN2O4. The van der Waals surface area contributed by atoms with Crippen molar-refractivity contribution in [1.29, 1.82) is 0 Å². The fraction of sp³-hybridized carbons (Fsp3) is 0.308. The highest BCUT2D eigenvalue weighted by molar-refractivity contribution is 9.09. The number of hydrogen-bond donors (Lipinski definition) is 2. The smallest absolute Gasteiger partial charge is 0.260 e. The summed E-state index contributed by atoms with van der Waals surface area (Å²) >= 11 is 8.88. The Morgan fingerprint density at radius 2 is 2.36 bits per heavy atom. The first-order chi connectivity index (χ1) is 10.5. The maximum absolute atomic E-state index is 13.0. The summed E-state index contributed by atoms with van der Waals surface area (Å²) in [6.07, 6.45) is 0.998. The Morgan fingerprint density at radius 3 is 3.05 bits per heavy atom. The quantitative estimate of drug-likeness (QED) is 0.572. The molecule has 0 aromatic heterocycles. The van der Waals surface area contributed by atoms with E-state index in [0.29, 0.717) is 17.5 Å². The van der Waals surface area contributed by atoms with Crippen LogP contribution in [0, 0.1) is 5.82 Å². The van der Waals surface area contributed by atoms with Crippen LogP contribution in [0.15, 0.2) is 30.2 Å². The lowest BCUT2D eigenvalue weighted by molar-refractivity contribution is -0.328. The van der Waals surface area contributed by atoms with E-state index in [-0.39, 0.29) is 10.9 Å². The number of carbonyl (C=O) groups excluding carboxylic acids is 1. The number of nitrogens with one attached hydrogen (secondary N) is 1. The third-order valence-corrected chi connectivity index (χ3v) is 3.52. The van der Waals surface area contributed by atoms with Crippen molar-refractivity contribution in [2.24, 2.45) is 0 Å². The number of hydrogen-bond acceptors (Lipinski definition) is 5. The monoisotopic (exact) mass is 394 g/mol. The topological polar surface area (TPSA) is 71.0 Å². The number of carbonyl (C=O) groups is 1. The number of rotatable bonds is 6. The second kappa shape index (κ2) is 7.77. The molecule has 9 heteroatoms. The lowest BCUT2D eigenvalue weighted by atomic mass is 10.2. The van der Waals surface area contributed by atoms with Crippen molar-refractivity contribution in [3.63, 3.8) is 0 Å². The molecule has 2 N–H and O–H groups in total. The van der Waals surface area contributed by atoms with Gasteiger partial charge in [0.25, 0.3) is 5.91 Å². The molecule has 2 rings (SSSR count). The molecule has 0 spiro atoms. The van der Waals surface area contributed by atoms with Gasteiger partial charge in [0.05, 0.1) is 11.6 Å². The Balaban J connectivity index is 1.96. The molecule has 0 aliphatic carbocycles. The number of alkyl halides is 1. The summed E-state index contributed by atoms with van der Waals surface area (Å²) in [5.74, 6) is -1.10. The summed E-state index contributed by atoms with van der Waals surface area (Å²) in [5.41, 5.74) is 0.312. The SMILES string of the molecule is O=C(Nc1ccc(F)c(Cl)c1)C1C=C(OCCCBr)N(O)O1. The minimum absolute atomic E-state index is 0.0400. The van der Waals surface area contributed by atoms with Gasteiger partial charge in [-0.05, 0) is 24.6 Å². The van der Waals surface area contributed by atoms with Gasteiger partial charge in [-0.15, -0.1) is 0 Å². The maximum atomic E-state index is 13.0. The van der Waals surface area contributed by atoms with Gasteiger partial charge in [0.15, 0.2) is 6.10 Å². The number of ether oxygens (including phenoxy) is 1. The minimum Gasteiger partial charge on any atom is -0.476 e. The molecular weight excluding hydrogens is 383 g/mol. The molecule has 1 amide bonds. The molecule has 1 aromatic rings. The Kier molecular flexibility index (Phi) is 6.01. The van der Waals surface area contributed by atoms with Gasteiger partial charge in [-0.1, -0.05) is 32.8 Å². The summed E-state index contributed by atoms with van der Waals surface area (Å²) < 4.78 is 18.3. The molecule has 120 valence electrons. The van der Waals surface area contributed by atoms with Crippen LogP contribution in [0.4, 0.5) is 10.1 Å². The van der Waals surface area contributed by atoms with Crippen molar-refractivity contribution < 1.29 is 24.0 Å². The van der Waals surface area contributed by atoms with E-state index < -0.39 is 17.8 Å². The first-order valence-electron chi connectivity index (χ1n) is 6.33. The Hall–Kier alpha value is -1.35. The van der Waals surface area contributed by atoms with Gasteiger partial charge in [-0.3, -0.25) is 10.0 Å². The van der Waals surface area contributed by atoms with Crippen LogP contribution in [-0.2, 0) is 14.4 Å². The Bertz CT molecular complexity index is 587. The van der Waals surface area contributed by atoms with Crippen molar-refractivity contribution in [3.05, 3.63) is 41.0 Å². The molecule has 0 fully saturated rings. The Labute approximate surface area is 139 Å². The van der Waals surface area contributed by atoms with E-state index in [2.05, 4.69) is 21.2 Å². The van der Waals surface area contributed by atoms with Crippen LogP contribution >= 0.6 is 27.5 Å². The zero-order valence-electron chi connectivity index (χ0n) is 11.3. The van der Waals surface area contributed by atoms with Gasteiger partial charge in [-0.2, -0.15) is 0 Å². The molecule has 1 aromatic carbocycles. The van der Waals surface area contributed by atoms with Gasteiger partial charge >= 0.3 is 0 Å². The molecule has 0 saturated carbocycles. The number of anilines is 1. The van der Waals surface area contributed by atoms with E-state index in [0.717, 1.165) is 17.8 Å². The molecule has 0 bridgehead atoms. The average molecular weight is 396 g/mol. The van der Waals surface area contributed by atoms with Gasteiger partial charge in [0.2, 0.25) is 5.88 Å². The molecule has 0 radical (unpaired) electrons. The van der Waals surface area contributed by atoms with Crippen molar-refractivity contribution >= 4 is 39.1 Å². The van der Waals surface area contributed by atoms with Crippen LogP contribution in [-0.4, -0.2) is 34.4 Å². The lowest BCUT2D eigenvalue weighted by Gasteiger charge is -2.14. The van der Waals surface area contributed by atoms with E-state index in [1.165, 1.54) is 18.2 Å². The number of halogens is 3. The molecule has 1 aliphatic rings. The molecule has 22 heavy (non-hydrogen) atoms. The number of benzene rings is 1. The fourth-order valence-electron chi connectivity index (χ4n) is 1.63. The standard InChI is InChI=1S/C13H13BrClFN2O4/c14-4-1-5-21-12-7-11(22-18(12)20)13(19)17-8-2-3-10(16)9(15)6-8/h2-3,6-7,11,20H,1,4-5H2,(H,17,19). The Morgan fingerprint density at radius 1 is 1.59 bits per heavy atom. The predicted molar refractivity (Wildman–Crippen MR) is 81.0 cm³/mol. The van der Waals surface area contributed by atoms with Gasteiger partial charge in [0, 0.05) is 17.1 Å². The van der Waals surface area contributed by atoms with Gasteiger partial charge < -0.3 is 10.1 Å². The number of nitrogens with zero attached hydrogens (tertiary/aromatic N) is 1. The summed E-state index contributed by atoms with van der Waals surface area (Å²) in [6.45, 7) is 0.361. The van der Waals surface area contributed by atoms with Crippen molar-refractivity contribution in [3.8, 4) is 0 Å². The first kappa shape index (κ1) is 17.0. The summed E-state index contributed by atoms with van der Waals surface area (Å²) in [4.78, 5) is 16.9. The predicted octanol–water partition coefficient (Wildman–Crippen LogP) is 3.07. The highest BCUT2D eigenvalue weighted by atomic mass is 79.9. The summed E-state index contributed by atoms with van der Waals surface area (Å²) in [7, 11) is 0. The summed E-state index contributed by atoms with van der Waals surface area (Å²) in [6, 6.07) is 3.77. The molecule has 1 heterocycles. The van der Waals surface area contributed by atoms with Crippen LogP contribution < -0.4 is 5.32 Å². The van der Waals surface area contributed by atoms with E-state index in [1.807, 2.05) is 0 Å². The van der Waals surface area contributed by atoms with E-state index in [9.17, 15) is 14.4 Å². The first-order valence-corrected chi connectivity index (χ1v) is 7.83. The summed E-state index contributed by atoms with van der Waals surface area (Å²) in [5, 5.41) is 13.1. The normalized spacial score (nSPS) is 17.4. The zero-order chi connectivity index (χ0) is 16.1. The zero-order valence-corrected chi connectivity index (χ0v) is 13.6. The molecule has 6 nitrogen and oxygen atoms in total. The van der Waals surface area contributed by atoms with Crippen LogP contribution in [0.2, 0.25) is 5.02 Å². The van der Waals surface area contributed by atoms with Crippen LogP contribution in [0.5, 0.6) is 0 Å². The van der Waals surface area contributed by atoms with Crippen LogP contribution in [0.1, 0.15) is 6.42 Å². The molecule has 0 saturated heterocycles. The van der Waals surface area contributed by atoms with Crippen molar-refractivity contribution in [2.75, 3.05) is 17.3 Å². The van der Waals surface area contributed by atoms with Gasteiger partial charge in [-0.25, -0.2) is 9.23 Å². The van der Waals surface area contributed by atoms with E-state index in [4.69, 9.17) is 21.2 Å². The molecule has 1 atom stereocenters. The maximum Gasteiger partial charge on any atom is 0.260 e. The third kappa shape index (κ3) is 4.33. The lowest BCUT2D eigenvalue weighted by Crippen LogP contribution is -2.29. The number of amides is 1. The van der Waals surface area contributed by atoms with Crippen LogP contribution in [0.3, 0.4) is 0 Å². The van der Waals surface area contributed by atoms with E-state index >= 15 is 0 Å². The third-order valence-electron chi connectivity index (χ3n) is 2.67. The number of hydroxylamine groups is 2. The second-order valence-corrected chi connectivity index (χ2v) is 5.51. The van der Waals surface area contributed by atoms with Crippen molar-refractivity contribution in [2.45, 2.75) is 12.5 Å². The average Bonchev–Trinajstić information content (AvgIpc) is 2.85. The highest BCUT2D eigenvalue weighted by Crippen LogP contribution is 2.22. The molecule has 1 aliphatic heterocycles. The molecule has 1 unspecified atom stereocenters. The fourth-order valence-corrected chi connectivity index (χ4v) is 2.04. The van der Waals surface area contributed by atoms with Crippen molar-refractivity contribution in [1.82, 2.24) is 5.23 Å². The minimum atomic E-state index is -1.06. The van der Waals surface area contributed by atoms with Crippen LogP contribution in [0.25, 0.3) is 0 Å². The highest BCUT2D eigenvalue weighted by Gasteiger charge is 2.30. The second-order valence-electron chi connectivity index (χ2n) is 4.31. The largest absolute Gasteiger partial charge is 0.476 e. The van der Waals surface area contributed by atoms with E-state index in [1.54, 1.807) is 0 Å².